The van der Waals surface area contributed by atoms with Crippen molar-refractivity contribution in [1.82, 2.24) is 10.6 Å². The lowest BCUT2D eigenvalue weighted by atomic mass is 9.79. The highest BCUT2D eigenvalue weighted by molar-refractivity contribution is 6.62. The molecule has 7 heteroatoms. The Balaban J connectivity index is 1.74. The van der Waals surface area contributed by atoms with Crippen LogP contribution in [0, 0.1) is 0 Å². The fourth-order valence-corrected chi connectivity index (χ4v) is 3.16. The molecule has 2 aliphatic rings. The first-order chi connectivity index (χ1) is 11.2. The maximum atomic E-state index is 12.4. The van der Waals surface area contributed by atoms with Crippen LogP contribution in [-0.4, -0.2) is 43.4 Å². The Labute approximate surface area is 148 Å². The second-order valence-electron chi connectivity index (χ2n) is 7.49. The number of nitrogens with one attached hydrogen (secondary N) is 2. The largest absolute Gasteiger partial charge is 0.494 e. The molecule has 1 aromatic carbocycles. The van der Waals surface area contributed by atoms with Crippen LogP contribution in [-0.2, 0) is 9.31 Å². The van der Waals surface area contributed by atoms with E-state index < -0.39 is 18.3 Å². The Morgan fingerprint density at radius 1 is 1.29 bits per heavy atom. The first kappa shape index (κ1) is 17.7. The van der Waals surface area contributed by atoms with Crippen molar-refractivity contribution in [2.24, 2.45) is 0 Å². The van der Waals surface area contributed by atoms with Gasteiger partial charge in [0, 0.05) is 12.6 Å². The van der Waals surface area contributed by atoms with Crippen LogP contribution in [0.3, 0.4) is 0 Å². The van der Waals surface area contributed by atoms with Crippen LogP contribution in [0.5, 0.6) is 0 Å². The first-order valence-electron chi connectivity index (χ1n) is 8.36. The lowest BCUT2D eigenvalue weighted by molar-refractivity contribution is 0.00578. The van der Waals surface area contributed by atoms with E-state index in [0.717, 1.165) is 25.0 Å². The van der Waals surface area contributed by atoms with Crippen LogP contribution in [0.2, 0.25) is 5.02 Å². The van der Waals surface area contributed by atoms with E-state index in [1.54, 1.807) is 12.1 Å². The summed E-state index contributed by atoms with van der Waals surface area (Å²) in [6.07, 6.45) is 0.940. The van der Waals surface area contributed by atoms with Crippen molar-refractivity contribution in [3.8, 4) is 0 Å². The van der Waals surface area contributed by atoms with Crippen molar-refractivity contribution in [2.45, 2.75) is 51.4 Å². The highest BCUT2D eigenvalue weighted by atomic mass is 35.5. The topological polar surface area (TPSA) is 59.6 Å². The van der Waals surface area contributed by atoms with Crippen molar-refractivity contribution in [2.75, 3.05) is 13.1 Å². The van der Waals surface area contributed by atoms with Crippen molar-refractivity contribution < 1.29 is 14.1 Å². The van der Waals surface area contributed by atoms with E-state index in [1.165, 1.54) is 0 Å². The van der Waals surface area contributed by atoms with Gasteiger partial charge < -0.3 is 19.9 Å². The summed E-state index contributed by atoms with van der Waals surface area (Å²) in [7, 11) is -0.483. The molecule has 0 spiro atoms. The van der Waals surface area contributed by atoms with Crippen molar-refractivity contribution in [1.29, 1.82) is 0 Å². The summed E-state index contributed by atoms with van der Waals surface area (Å²) in [5.41, 5.74) is 0.479. The van der Waals surface area contributed by atoms with Gasteiger partial charge in [0.2, 0.25) is 0 Å². The van der Waals surface area contributed by atoms with Gasteiger partial charge in [-0.05, 0) is 58.3 Å². The molecule has 0 unspecified atom stereocenters. The number of hydrogen-bond donors (Lipinski definition) is 2. The molecule has 1 aromatic rings. The van der Waals surface area contributed by atoms with E-state index in [9.17, 15) is 4.79 Å². The number of halogens is 1. The lowest BCUT2D eigenvalue weighted by Crippen LogP contribution is -2.41. The monoisotopic (exact) mass is 350 g/mol. The molecule has 1 amide bonds. The molecule has 0 radical (unpaired) electrons. The molecule has 24 heavy (non-hydrogen) atoms. The second kappa shape index (κ2) is 6.34. The molecule has 2 heterocycles. The van der Waals surface area contributed by atoms with Gasteiger partial charge in [-0.3, -0.25) is 4.79 Å². The van der Waals surface area contributed by atoms with E-state index in [2.05, 4.69) is 10.6 Å². The number of rotatable bonds is 3. The molecule has 0 aliphatic carbocycles. The normalized spacial score (nSPS) is 25.0. The molecule has 1 atom stereocenters. The molecule has 0 bridgehead atoms. The van der Waals surface area contributed by atoms with E-state index in [4.69, 9.17) is 20.9 Å². The molecular formula is C17H24BClN2O3. The summed E-state index contributed by atoms with van der Waals surface area (Å²) in [5.74, 6) is -0.144. The Bertz CT molecular complexity index is 629. The Morgan fingerprint density at radius 3 is 2.50 bits per heavy atom. The highest BCUT2D eigenvalue weighted by Crippen LogP contribution is 2.36. The van der Waals surface area contributed by atoms with E-state index in [0.29, 0.717) is 10.6 Å². The molecule has 0 aromatic heterocycles. The fourth-order valence-electron chi connectivity index (χ4n) is 2.88. The summed E-state index contributed by atoms with van der Waals surface area (Å²) >= 11 is 6.34. The van der Waals surface area contributed by atoms with Gasteiger partial charge in [0.15, 0.2) is 0 Å². The Morgan fingerprint density at radius 2 is 1.96 bits per heavy atom. The van der Waals surface area contributed by atoms with Crippen LogP contribution in [0.1, 0.15) is 44.5 Å². The third-order valence-electron chi connectivity index (χ3n) is 5.16. The van der Waals surface area contributed by atoms with Gasteiger partial charge in [-0.15, -0.1) is 0 Å². The molecule has 0 saturated carbocycles. The van der Waals surface area contributed by atoms with E-state index in [-0.39, 0.29) is 11.9 Å². The molecule has 2 fully saturated rings. The van der Waals surface area contributed by atoms with Crippen LogP contribution < -0.4 is 16.1 Å². The summed E-state index contributed by atoms with van der Waals surface area (Å²) in [6.45, 7) is 9.76. The molecule has 3 rings (SSSR count). The zero-order valence-electron chi connectivity index (χ0n) is 14.6. The minimum absolute atomic E-state index is 0.144. The summed E-state index contributed by atoms with van der Waals surface area (Å²) in [5, 5.41) is 6.64. The fraction of sp³-hybridized carbons (Fsp3) is 0.588. The zero-order valence-corrected chi connectivity index (χ0v) is 15.4. The van der Waals surface area contributed by atoms with Gasteiger partial charge in [0.05, 0.1) is 21.8 Å². The standard InChI is InChI=1S/C17H24BClN2O3/c1-16(2)17(3,4)24-18(23-16)11-5-6-13(14(19)9-11)15(22)21-12-7-8-20-10-12/h5-6,9,12,20H,7-8,10H2,1-4H3,(H,21,22)/t12-/m0/s1. The minimum Gasteiger partial charge on any atom is -0.399 e. The highest BCUT2D eigenvalue weighted by Gasteiger charge is 2.51. The molecule has 2 N–H and O–H groups in total. The Kier molecular flexibility index (Phi) is 4.68. The number of amides is 1. The molecular weight excluding hydrogens is 326 g/mol. The molecule has 130 valence electrons. The van der Waals surface area contributed by atoms with Gasteiger partial charge in [0.25, 0.3) is 5.91 Å². The van der Waals surface area contributed by atoms with Gasteiger partial charge in [0.1, 0.15) is 0 Å². The van der Waals surface area contributed by atoms with E-state index >= 15 is 0 Å². The maximum Gasteiger partial charge on any atom is 0.494 e. The maximum absolute atomic E-state index is 12.4. The van der Waals surface area contributed by atoms with Gasteiger partial charge in [-0.25, -0.2) is 0 Å². The summed E-state index contributed by atoms with van der Waals surface area (Å²) < 4.78 is 12.0. The van der Waals surface area contributed by atoms with Crippen LogP contribution >= 0.6 is 11.6 Å². The predicted octanol–water partition coefficient (Wildman–Crippen LogP) is 1.73. The van der Waals surface area contributed by atoms with Crippen LogP contribution in [0.15, 0.2) is 18.2 Å². The Hall–Kier alpha value is -1.08. The number of carbonyl (C=O) groups excluding carboxylic acids is 1. The third-order valence-corrected chi connectivity index (χ3v) is 5.47. The van der Waals surface area contributed by atoms with Crippen LogP contribution in [0.4, 0.5) is 0 Å². The van der Waals surface area contributed by atoms with Crippen molar-refractivity contribution >= 4 is 30.1 Å². The average Bonchev–Trinajstić information content (AvgIpc) is 3.05. The van der Waals surface area contributed by atoms with Crippen molar-refractivity contribution in [3.63, 3.8) is 0 Å². The summed E-state index contributed by atoms with van der Waals surface area (Å²) in [6, 6.07) is 5.50. The SMILES string of the molecule is CC1(C)OB(c2ccc(C(=O)N[C@H]3CCNC3)c(Cl)c2)OC1(C)C. The smallest absolute Gasteiger partial charge is 0.399 e. The number of carbonyl (C=O) groups is 1. The average molecular weight is 351 g/mol. The van der Waals surface area contributed by atoms with E-state index in [1.807, 2.05) is 33.8 Å². The summed E-state index contributed by atoms with van der Waals surface area (Å²) in [4.78, 5) is 12.4. The second-order valence-corrected chi connectivity index (χ2v) is 7.90. The molecule has 2 aliphatic heterocycles. The third kappa shape index (κ3) is 3.33. The minimum atomic E-state index is -0.483. The predicted molar refractivity (Wildman–Crippen MR) is 95.9 cm³/mol. The zero-order chi connectivity index (χ0) is 17.5. The van der Waals surface area contributed by atoms with Gasteiger partial charge >= 0.3 is 7.12 Å². The van der Waals surface area contributed by atoms with Gasteiger partial charge in [-0.1, -0.05) is 17.7 Å². The van der Waals surface area contributed by atoms with Gasteiger partial charge in [-0.2, -0.15) is 0 Å². The number of hydrogen-bond acceptors (Lipinski definition) is 4. The molecule has 5 nitrogen and oxygen atoms in total. The quantitative estimate of drug-likeness (QED) is 0.815. The van der Waals surface area contributed by atoms with Crippen molar-refractivity contribution in [3.05, 3.63) is 28.8 Å². The van der Waals surface area contributed by atoms with Crippen LogP contribution in [0.25, 0.3) is 0 Å². The lowest BCUT2D eigenvalue weighted by Gasteiger charge is -2.32. The molecule has 2 saturated heterocycles. The number of benzene rings is 1. The first-order valence-corrected chi connectivity index (χ1v) is 8.74.